The van der Waals surface area contributed by atoms with E-state index in [9.17, 15) is 0 Å². The van der Waals surface area contributed by atoms with Crippen molar-refractivity contribution in [1.82, 2.24) is 9.97 Å². The Morgan fingerprint density at radius 2 is 2.04 bits per heavy atom. The number of nitrogen functional groups attached to an aromatic ring is 1. The summed E-state index contributed by atoms with van der Waals surface area (Å²) in [4.78, 5) is 16.1. The van der Waals surface area contributed by atoms with Gasteiger partial charge >= 0.3 is 0 Å². The quantitative estimate of drug-likeness (QED) is 0.242. The maximum atomic E-state index is 8.36. The third-order valence-corrected chi connectivity index (χ3v) is 3.74. The summed E-state index contributed by atoms with van der Waals surface area (Å²) in [5, 5.41) is 17.8. The predicted octanol–water partition coefficient (Wildman–Crippen LogP) is 3.07. The molecule has 0 spiro atoms. The number of hydrogen-bond donors (Lipinski definition) is 5. The van der Waals surface area contributed by atoms with Crippen LogP contribution in [0.5, 0.6) is 5.75 Å². The van der Waals surface area contributed by atoms with E-state index in [4.69, 9.17) is 25.8 Å². The number of H-pyrrole nitrogens is 1. The summed E-state index contributed by atoms with van der Waals surface area (Å²) in [7, 11) is 0. The predicted molar refractivity (Wildman–Crippen MR) is 109 cm³/mol. The van der Waals surface area contributed by atoms with E-state index < -0.39 is 0 Å². The largest absolute Gasteiger partial charge is 0.493 e. The van der Waals surface area contributed by atoms with E-state index in [0.717, 1.165) is 22.8 Å². The molecule has 2 aromatic carbocycles. The lowest BCUT2D eigenvalue weighted by Crippen LogP contribution is -2.13. The van der Waals surface area contributed by atoms with Crippen LogP contribution in [0.3, 0.4) is 0 Å². The lowest BCUT2D eigenvalue weighted by atomic mass is 10.1. The molecular formula is C20H23N5O3. The van der Waals surface area contributed by atoms with Crippen molar-refractivity contribution in [2.24, 2.45) is 5.73 Å². The number of imidazole rings is 1. The number of nitrogens with zero attached hydrogens (tertiary/aromatic N) is 1. The number of aromatic amines is 1. The van der Waals surface area contributed by atoms with Crippen LogP contribution in [0.15, 0.2) is 54.7 Å². The van der Waals surface area contributed by atoms with Crippen molar-refractivity contribution in [3.63, 3.8) is 0 Å². The number of ether oxygens (including phenoxy) is 1. The Labute approximate surface area is 162 Å². The summed E-state index contributed by atoms with van der Waals surface area (Å²) in [6.45, 7) is 2.72. The highest BCUT2D eigenvalue weighted by Crippen LogP contribution is 2.24. The van der Waals surface area contributed by atoms with Gasteiger partial charge in [0.2, 0.25) is 0 Å². The van der Waals surface area contributed by atoms with Crippen molar-refractivity contribution in [3.8, 4) is 17.0 Å². The molecule has 8 heteroatoms. The number of carboxylic acid groups (broad SMARTS) is 1. The second kappa shape index (κ2) is 10.4. The van der Waals surface area contributed by atoms with Crippen molar-refractivity contribution < 1.29 is 14.6 Å². The minimum absolute atomic E-state index is 0.00598. The Balaban J connectivity index is 0.000000878. The number of aromatic nitrogens is 2. The molecule has 3 rings (SSSR count). The highest BCUT2D eigenvalue weighted by Gasteiger charge is 2.08. The molecule has 0 aliphatic heterocycles. The third-order valence-electron chi connectivity index (χ3n) is 3.74. The average molecular weight is 381 g/mol. The summed E-state index contributed by atoms with van der Waals surface area (Å²) in [5.74, 6) is 1.44. The standard InChI is InChI=1S/C19H21N5O.CH2O2/c1-2-25-17-10-14(8-9-15(17)19(20)21)22-12-18-23-11-16(24-18)13-6-4-3-5-7-13;2-1-3/h3-11,22H,2,12H2,1H3,(H3,20,21)(H,23,24);1H,(H,2,3). The van der Waals surface area contributed by atoms with Gasteiger partial charge in [0.15, 0.2) is 0 Å². The molecule has 1 heterocycles. The molecule has 3 aromatic rings. The first-order valence-corrected chi connectivity index (χ1v) is 8.61. The second-order valence-corrected chi connectivity index (χ2v) is 5.63. The zero-order valence-electron chi connectivity index (χ0n) is 15.5. The first-order chi connectivity index (χ1) is 13.6. The summed E-state index contributed by atoms with van der Waals surface area (Å²) in [6.07, 6.45) is 1.83. The van der Waals surface area contributed by atoms with Gasteiger partial charge < -0.3 is 25.9 Å². The van der Waals surface area contributed by atoms with Gasteiger partial charge in [0.25, 0.3) is 6.47 Å². The summed E-state index contributed by atoms with van der Waals surface area (Å²) in [5.41, 5.74) is 9.15. The number of nitrogens with one attached hydrogen (secondary N) is 3. The molecule has 0 unspecified atom stereocenters. The van der Waals surface area contributed by atoms with Crippen LogP contribution in [0.4, 0.5) is 5.69 Å². The van der Waals surface area contributed by atoms with Crippen molar-refractivity contribution in [2.45, 2.75) is 13.5 Å². The topological polar surface area (TPSA) is 137 Å². The first kappa shape index (κ1) is 20.5. The summed E-state index contributed by atoms with van der Waals surface area (Å²) in [6, 6.07) is 15.6. The van der Waals surface area contributed by atoms with Gasteiger partial charge in [-0.1, -0.05) is 30.3 Å². The van der Waals surface area contributed by atoms with Crippen molar-refractivity contribution in [2.75, 3.05) is 11.9 Å². The molecule has 1 aromatic heterocycles. The second-order valence-electron chi connectivity index (χ2n) is 5.63. The molecule has 0 bridgehead atoms. The molecule has 0 saturated heterocycles. The fourth-order valence-corrected chi connectivity index (χ4v) is 2.53. The number of nitrogens with two attached hydrogens (primary N) is 1. The molecule has 0 amide bonds. The van der Waals surface area contributed by atoms with Crippen LogP contribution in [0.2, 0.25) is 0 Å². The van der Waals surface area contributed by atoms with Crippen LogP contribution in [0, 0.1) is 5.41 Å². The molecule has 0 radical (unpaired) electrons. The van der Waals surface area contributed by atoms with Crippen LogP contribution in [0.1, 0.15) is 18.3 Å². The lowest BCUT2D eigenvalue weighted by Gasteiger charge is -2.12. The summed E-state index contributed by atoms with van der Waals surface area (Å²) < 4.78 is 5.57. The molecule has 0 aliphatic rings. The third kappa shape index (κ3) is 5.60. The van der Waals surface area contributed by atoms with Gasteiger partial charge in [0.1, 0.15) is 17.4 Å². The monoisotopic (exact) mass is 381 g/mol. The van der Waals surface area contributed by atoms with Crippen LogP contribution in [-0.4, -0.2) is 34.0 Å². The number of rotatable bonds is 7. The Bertz CT molecular complexity index is 909. The Morgan fingerprint density at radius 1 is 1.32 bits per heavy atom. The van der Waals surface area contributed by atoms with E-state index >= 15 is 0 Å². The van der Waals surface area contributed by atoms with Gasteiger partial charge in [-0.25, -0.2) is 4.98 Å². The molecule has 146 valence electrons. The highest BCUT2D eigenvalue weighted by molar-refractivity contribution is 5.98. The van der Waals surface area contributed by atoms with E-state index in [0.29, 0.717) is 24.5 Å². The molecular weight excluding hydrogens is 358 g/mol. The summed E-state index contributed by atoms with van der Waals surface area (Å²) >= 11 is 0. The Kier molecular flexibility index (Phi) is 7.59. The van der Waals surface area contributed by atoms with Gasteiger partial charge in [-0.05, 0) is 24.6 Å². The van der Waals surface area contributed by atoms with E-state index in [1.165, 1.54) is 0 Å². The van der Waals surface area contributed by atoms with Crippen LogP contribution >= 0.6 is 0 Å². The van der Waals surface area contributed by atoms with Gasteiger partial charge in [0, 0.05) is 11.8 Å². The lowest BCUT2D eigenvalue weighted by molar-refractivity contribution is -0.122. The van der Waals surface area contributed by atoms with E-state index in [2.05, 4.69) is 15.3 Å². The minimum Gasteiger partial charge on any atom is -0.493 e. The van der Waals surface area contributed by atoms with Crippen molar-refractivity contribution in [1.29, 1.82) is 5.41 Å². The number of anilines is 1. The van der Waals surface area contributed by atoms with E-state index in [1.807, 2.05) is 55.6 Å². The van der Waals surface area contributed by atoms with Gasteiger partial charge in [-0.3, -0.25) is 10.2 Å². The number of amidine groups is 1. The fraction of sp³-hybridized carbons (Fsp3) is 0.150. The molecule has 28 heavy (non-hydrogen) atoms. The van der Waals surface area contributed by atoms with Crippen LogP contribution in [0.25, 0.3) is 11.3 Å². The highest BCUT2D eigenvalue weighted by atomic mass is 16.5. The maximum Gasteiger partial charge on any atom is 0.290 e. The average Bonchev–Trinajstić information content (AvgIpc) is 3.17. The Hall–Kier alpha value is -3.81. The van der Waals surface area contributed by atoms with Gasteiger partial charge in [-0.2, -0.15) is 0 Å². The minimum atomic E-state index is -0.250. The van der Waals surface area contributed by atoms with Gasteiger partial charge in [-0.15, -0.1) is 0 Å². The van der Waals surface area contributed by atoms with E-state index in [-0.39, 0.29) is 12.3 Å². The number of hydrogen-bond acceptors (Lipinski definition) is 5. The Morgan fingerprint density at radius 3 is 2.68 bits per heavy atom. The van der Waals surface area contributed by atoms with Gasteiger partial charge in [0.05, 0.1) is 30.6 Å². The van der Waals surface area contributed by atoms with E-state index in [1.54, 1.807) is 6.07 Å². The fourth-order valence-electron chi connectivity index (χ4n) is 2.53. The molecule has 0 atom stereocenters. The zero-order chi connectivity index (χ0) is 20.4. The van der Waals surface area contributed by atoms with Crippen LogP contribution < -0.4 is 15.8 Å². The SMILES string of the molecule is CCOc1cc(NCc2ncc(-c3ccccc3)[nH]2)ccc1C(=N)N.O=CO. The van der Waals surface area contributed by atoms with Crippen molar-refractivity contribution >= 4 is 18.0 Å². The van der Waals surface area contributed by atoms with Crippen molar-refractivity contribution in [3.05, 3.63) is 66.1 Å². The smallest absolute Gasteiger partial charge is 0.290 e. The molecule has 0 fully saturated rings. The van der Waals surface area contributed by atoms with Crippen LogP contribution in [-0.2, 0) is 11.3 Å². The first-order valence-electron chi connectivity index (χ1n) is 8.61. The number of benzene rings is 2. The zero-order valence-corrected chi connectivity index (χ0v) is 15.5. The number of carbonyl (C=O) groups is 1. The molecule has 8 nitrogen and oxygen atoms in total. The maximum absolute atomic E-state index is 8.36. The molecule has 0 saturated carbocycles. The normalized spacial score (nSPS) is 9.75. The molecule has 6 N–H and O–H groups in total. The molecule has 0 aliphatic carbocycles.